The summed E-state index contributed by atoms with van der Waals surface area (Å²) in [5.74, 6) is 0.905. The molecule has 10 heteroatoms. The number of sulfonamides is 1. The number of hydrogen-bond acceptors (Lipinski definition) is 7. The molecule has 1 fully saturated rings. The Morgan fingerprint density at radius 3 is 2.60 bits per heavy atom. The molecule has 2 heterocycles. The van der Waals surface area contributed by atoms with Gasteiger partial charge in [-0.3, -0.25) is 4.79 Å². The molecule has 0 bridgehead atoms. The average Bonchev–Trinajstić information content (AvgIpc) is 2.79. The Labute approximate surface area is 174 Å². The smallest absolute Gasteiger partial charge is 0.269 e. The first-order valence-electron chi connectivity index (χ1n) is 9.44. The highest BCUT2D eigenvalue weighted by molar-refractivity contribution is 7.89. The zero-order chi connectivity index (χ0) is 21.1. The molecule has 1 N–H and O–H groups in total. The van der Waals surface area contributed by atoms with E-state index in [2.05, 4.69) is 5.32 Å². The number of ether oxygens (including phenoxy) is 4. The molecule has 9 nitrogen and oxygen atoms in total. The molecule has 0 saturated carbocycles. The van der Waals surface area contributed by atoms with Gasteiger partial charge >= 0.3 is 0 Å². The summed E-state index contributed by atoms with van der Waals surface area (Å²) < 4.78 is 49.0. The van der Waals surface area contributed by atoms with Crippen LogP contribution in [0.1, 0.15) is 0 Å². The summed E-state index contributed by atoms with van der Waals surface area (Å²) >= 11 is 0. The first-order chi connectivity index (χ1) is 14.5. The zero-order valence-electron chi connectivity index (χ0n) is 16.4. The van der Waals surface area contributed by atoms with E-state index in [0.717, 1.165) is 0 Å². The van der Waals surface area contributed by atoms with E-state index in [1.165, 1.54) is 29.6 Å². The number of carbonyl (C=O) groups is 1. The fourth-order valence-corrected chi connectivity index (χ4v) is 4.68. The topological polar surface area (TPSA) is 103 Å². The van der Waals surface area contributed by atoms with Crippen molar-refractivity contribution in [1.29, 1.82) is 0 Å². The van der Waals surface area contributed by atoms with Crippen molar-refractivity contribution < 1.29 is 32.2 Å². The Kier molecular flexibility index (Phi) is 5.80. The number of nitrogens with zero attached hydrogens (tertiary/aromatic N) is 1. The van der Waals surface area contributed by atoms with Crippen LogP contribution in [-0.4, -0.2) is 64.8 Å². The van der Waals surface area contributed by atoms with Crippen molar-refractivity contribution in [2.75, 3.05) is 45.3 Å². The van der Waals surface area contributed by atoms with Gasteiger partial charge in [0.2, 0.25) is 16.1 Å². The van der Waals surface area contributed by atoms with Gasteiger partial charge in [-0.25, -0.2) is 8.42 Å². The van der Waals surface area contributed by atoms with E-state index in [4.69, 9.17) is 18.9 Å². The third-order valence-corrected chi connectivity index (χ3v) is 6.73. The monoisotopic (exact) mass is 434 g/mol. The van der Waals surface area contributed by atoms with Gasteiger partial charge in [-0.2, -0.15) is 4.31 Å². The molecule has 1 saturated heterocycles. The lowest BCUT2D eigenvalue weighted by molar-refractivity contribution is -0.125. The average molecular weight is 434 g/mol. The van der Waals surface area contributed by atoms with Crippen LogP contribution >= 0.6 is 0 Å². The molecular weight excluding hydrogens is 412 g/mol. The van der Waals surface area contributed by atoms with E-state index >= 15 is 0 Å². The molecule has 0 unspecified atom stereocenters. The summed E-state index contributed by atoms with van der Waals surface area (Å²) in [6.07, 6.45) is -0.885. The quantitative estimate of drug-likeness (QED) is 0.761. The summed E-state index contributed by atoms with van der Waals surface area (Å²) in [5.41, 5.74) is 0.235. The van der Waals surface area contributed by atoms with E-state index in [0.29, 0.717) is 30.5 Å². The Hall–Kier alpha value is -2.82. The standard InChI is InChI=1S/C20H22N2O7S/c1-26-16-7-6-14(30(24,25)22-8-10-27-11-9-22)12-15(16)21-20(23)19-13-28-17-4-2-3-5-18(17)29-19/h2-7,12,19H,8-11,13H2,1H3,(H,21,23)/t19-/m1/s1. The maximum atomic E-state index is 12.9. The van der Waals surface area contributed by atoms with Crippen molar-refractivity contribution in [3.8, 4) is 17.2 Å². The summed E-state index contributed by atoms with van der Waals surface area (Å²) in [5, 5.41) is 2.70. The lowest BCUT2D eigenvalue weighted by atomic mass is 10.2. The van der Waals surface area contributed by atoms with Gasteiger partial charge in [0, 0.05) is 13.1 Å². The predicted molar refractivity (Wildman–Crippen MR) is 108 cm³/mol. The number of amides is 1. The summed E-state index contributed by atoms with van der Waals surface area (Å²) in [7, 11) is -2.28. The van der Waals surface area contributed by atoms with E-state index in [1.54, 1.807) is 18.2 Å². The molecule has 30 heavy (non-hydrogen) atoms. The second kappa shape index (κ2) is 8.50. The van der Waals surface area contributed by atoms with Gasteiger partial charge < -0.3 is 24.3 Å². The van der Waals surface area contributed by atoms with Crippen LogP contribution in [0.2, 0.25) is 0 Å². The lowest BCUT2D eigenvalue weighted by Gasteiger charge is -2.27. The Bertz CT molecular complexity index is 1040. The number of rotatable bonds is 5. The van der Waals surface area contributed by atoms with Gasteiger partial charge in [0.1, 0.15) is 12.4 Å². The highest BCUT2D eigenvalue weighted by atomic mass is 32.2. The fourth-order valence-electron chi connectivity index (χ4n) is 3.24. The molecule has 1 atom stereocenters. The van der Waals surface area contributed by atoms with E-state index in [9.17, 15) is 13.2 Å². The van der Waals surface area contributed by atoms with Gasteiger partial charge in [0.15, 0.2) is 11.5 Å². The van der Waals surface area contributed by atoms with Gasteiger partial charge in [-0.1, -0.05) is 12.1 Å². The SMILES string of the molecule is COc1ccc(S(=O)(=O)N2CCOCC2)cc1NC(=O)[C@H]1COc2ccccc2O1. The zero-order valence-corrected chi connectivity index (χ0v) is 17.2. The van der Waals surface area contributed by atoms with Crippen LogP contribution in [0.4, 0.5) is 5.69 Å². The van der Waals surface area contributed by atoms with Gasteiger partial charge in [0.05, 0.1) is 30.9 Å². The number of anilines is 1. The van der Waals surface area contributed by atoms with Crippen molar-refractivity contribution >= 4 is 21.6 Å². The number of morpholine rings is 1. The molecule has 160 valence electrons. The van der Waals surface area contributed by atoms with Crippen molar-refractivity contribution in [3.05, 3.63) is 42.5 Å². The number of benzene rings is 2. The number of methoxy groups -OCH3 is 1. The second-order valence-corrected chi connectivity index (χ2v) is 8.67. The summed E-state index contributed by atoms with van der Waals surface area (Å²) in [6.45, 7) is 1.29. The minimum Gasteiger partial charge on any atom is -0.495 e. The Morgan fingerprint density at radius 1 is 1.13 bits per heavy atom. The first-order valence-corrected chi connectivity index (χ1v) is 10.9. The molecule has 1 amide bonds. The number of hydrogen-bond donors (Lipinski definition) is 1. The normalized spacial score (nSPS) is 19.2. The second-order valence-electron chi connectivity index (χ2n) is 6.73. The summed E-state index contributed by atoms with van der Waals surface area (Å²) in [6, 6.07) is 11.4. The van der Waals surface area contributed by atoms with E-state index in [1.807, 2.05) is 6.07 Å². The first kappa shape index (κ1) is 20.5. The maximum absolute atomic E-state index is 12.9. The lowest BCUT2D eigenvalue weighted by Crippen LogP contribution is -2.41. The van der Waals surface area contributed by atoms with E-state index < -0.39 is 22.0 Å². The number of carbonyl (C=O) groups excluding carboxylic acids is 1. The molecule has 2 aromatic carbocycles. The highest BCUT2D eigenvalue weighted by Gasteiger charge is 2.30. The molecule has 4 rings (SSSR count). The largest absolute Gasteiger partial charge is 0.495 e. The van der Waals surface area contributed by atoms with Gasteiger partial charge in [-0.05, 0) is 30.3 Å². The highest BCUT2D eigenvalue weighted by Crippen LogP contribution is 2.33. The minimum atomic E-state index is -3.72. The van der Waals surface area contributed by atoms with Crippen molar-refractivity contribution in [2.45, 2.75) is 11.0 Å². The third kappa shape index (κ3) is 4.07. The number of nitrogens with one attached hydrogen (secondary N) is 1. The van der Waals surface area contributed by atoms with Crippen molar-refractivity contribution in [2.24, 2.45) is 0 Å². The molecule has 0 radical (unpaired) electrons. The molecular formula is C20H22N2O7S. The van der Waals surface area contributed by atoms with Crippen LogP contribution in [0.3, 0.4) is 0 Å². The minimum absolute atomic E-state index is 0.0386. The molecule has 0 aromatic heterocycles. The molecule has 0 spiro atoms. The Balaban J connectivity index is 1.55. The van der Waals surface area contributed by atoms with Gasteiger partial charge in [0.25, 0.3) is 5.91 Å². The van der Waals surface area contributed by atoms with Crippen LogP contribution in [0.25, 0.3) is 0 Å². The van der Waals surface area contributed by atoms with Crippen LogP contribution in [0, 0.1) is 0 Å². The third-order valence-electron chi connectivity index (χ3n) is 4.84. The van der Waals surface area contributed by atoms with Crippen LogP contribution in [0.5, 0.6) is 17.2 Å². The Morgan fingerprint density at radius 2 is 1.87 bits per heavy atom. The number of para-hydroxylation sites is 2. The fraction of sp³-hybridized carbons (Fsp3) is 0.350. The molecule has 0 aliphatic carbocycles. The molecule has 2 aliphatic rings. The van der Waals surface area contributed by atoms with Crippen molar-refractivity contribution in [3.63, 3.8) is 0 Å². The number of fused-ring (bicyclic) bond motifs is 1. The van der Waals surface area contributed by atoms with Crippen LogP contribution in [-0.2, 0) is 19.6 Å². The van der Waals surface area contributed by atoms with Gasteiger partial charge in [-0.15, -0.1) is 0 Å². The molecule has 2 aliphatic heterocycles. The van der Waals surface area contributed by atoms with Crippen molar-refractivity contribution in [1.82, 2.24) is 4.31 Å². The summed E-state index contributed by atoms with van der Waals surface area (Å²) in [4.78, 5) is 12.8. The van der Waals surface area contributed by atoms with E-state index in [-0.39, 0.29) is 30.3 Å². The van der Waals surface area contributed by atoms with Crippen LogP contribution in [0.15, 0.2) is 47.4 Å². The van der Waals surface area contributed by atoms with Crippen LogP contribution < -0.4 is 19.5 Å². The molecule has 2 aromatic rings. The maximum Gasteiger partial charge on any atom is 0.269 e. The predicted octanol–water partition coefficient (Wildman–Crippen LogP) is 1.49.